The van der Waals surface area contributed by atoms with Crippen LogP contribution in [0.2, 0.25) is 0 Å². The zero-order chi connectivity index (χ0) is 30.5. The number of imidazole rings is 1. The number of hydrogen-bond acceptors (Lipinski definition) is 6. The van der Waals surface area contributed by atoms with Crippen molar-refractivity contribution in [1.82, 2.24) is 9.97 Å². The highest BCUT2D eigenvalue weighted by atomic mass is 16.5. The second-order valence-electron chi connectivity index (χ2n) is 10.5. The Morgan fingerprint density at radius 3 is 2.27 bits per heavy atom. The molecule has 0 spiro atoms. The molecular formula is C37H32N4O3. The van der Waals surface area contributed by atoms with Crippen molar-refractivity contribution in [1.29, 1.82) is 0 Å². The number of rotatable bonds is 7. The van der Waals surface area contributed by atoms with Crippen LogP contribution in [0.4, 0.5) is 11.4 Å². The van der Waals surface area contributed by atoms with Gasteiger partial charge < -0.3 is 20.2 Å². The minimum absolute atomic E-state index is 0.0119. The smallest absolute Gasteiger partial charge is 0.170 e. The number of nitrogens with zero attached hydrogens (tertiary/aromatic N) is 2. The Balaban J connectivity index is 0.000000181. The molecule has 5 aromatic carbocycles. The van der Waals surface area contributed by atoms with Crippen molar-refractivity contribution in [2.24, 2.45) is 4.99 Å². The number of aromatic nitrogens is 2. The Morgan fingerprint density at radius 1 is 0.818 bits per heavy atom. The third-order valence-corrected chi connectivity index (χ3v) is 7.54. The maximum absolute atomic E-state index is 12.7. The van der Waals surface area contributed by atoms with Crippen molar-refractivity contribution < 1.29 is 14.3 Å². The summed E-state index contributed by atoms with van der Waals surface area (Å²) in [4.78, 5) is 25.3. The van der Waals surface area contributed by atoms with Crippen LogP contribution >= 0.6 is 0 Å². The van der Waals surface area contributed by atoms with E-state index in [2.05, 4.69) is 16.0 Å². The molecule has 1 aliphatic rings. The lowest BCUT2D eigenvalue weighted by Crippen LogP contribution is -2.07. The molecule has 0 atom stereocenters. The van der Waals surface area contributed by atoms with Gasteiger partial charge in [-0.05, 0) is 71.3 Å². The molecule has 1 aromatic heterocycles. The van der Waals surface area contributed by atoms with E-state index in [-0.39, 0.29) is 5.78 Å². The number of Topliss-reactive ketones (excluding diaryl/α,β-unsaturated/α-hetero) is 1. The summed E-state index contributed by atoms with van der Waals surface area (Å²) in [6, 6.07) is 37.2. The molecular weight excluding hydrogens is 548 g/mol. The Kier molecular flexibility index (Phi) is 8.19. The normalized spacial score (nSPS) is 11.7. The van der Waals surface area contributed by atoms with Gasteiger partial charge in [0.15, 0.2) is 5.78 Å². The van der Waals surface area contributed by atoms with Crippen LogP contribution in [0.5, 0.6) is 11.5 Å². The molecule has 0 unspecified atom stereocenters. The zero-order valence-corrected chi connectivity index (χ0v) is 24.6. The maximum atomic E-state index is 12.7. The zero-order valence-electron chi connectivity index (χ0n) is 24.6. The van der Waals surface area contributed by atoms with Gasteiger partial charge >= 0.3 is 0 Å². The van der Waals surface area contributed by atoms with Crippen LogP contribution in [0, 0.1) is 0 Å². The van der Waals surface area contributed by atoms with Gasteiger partial charge in [-0.15, -0.1) is 0 Å². The van der Waals surface area contributed by atoms with E-state index in [4.69, 9.17) is 20.2 Å². The molecule has 7 rings (SSSR count). The lowest BCUT2D eigenvalue weighted by atomic mass is 9.99. The molecule has 0 radical (unpaired) electrons. The van der Waals surface area contributed by atoms with E-state index in [0.717, 1.165) is 57.1 Å². The molecule has 0 saturated carbocycles. The molecule has 44 heavy (non-hydrogen) atoms. The van der Waals surface area contributed by atoms with Gasteiger partial charge in [-0.3, -0.25) is 9.79 Å². The van der Waals surface area contributed by atoms with Gasteiger partial charge in [-0.25, -0.2) is 4.98 Å². The van der Waals surface area contributed by atoms with Gasteiger partial charge in [0.2, 0.25) is 0 Å². The van der Waals surface area contributed by atoms with Gasteiger partial charge in [-0.1, -0.05) is 54.6 Å². The summed E-state index contributed by atoms with van der Waals surface area (Å²) in [5.41, 5.74) is 15.5. The monoisotopic (exact) mass is 580 g/mol. The molecule has 7 heteroatoms. The van der Waals surface area contributed by atoms with Crippen LogP contribution in [-0.2, 0) is 12.8 Å². The number of H-pyrrole nitrogens is 1. The summed E-state index contributed by atoms with van der Waals surface area (Å²) in [6.45, 7) is 0. The fraction of sp³-hybridized carbons (Fsp3) is 0.108. The second-order valence-corrected chi connectivity index (χ2v) is 10.5. The van der Waals surface area contributed by atoms with E-state index in [0.29, 0.717) is 23.5 Å². The summed E-state index contributed by atoms with van der Waals surface area (Å²) in [6.07, 6.45) is 1.16. The van der Waals surface area contributed by atoms with Crippen LogP contribution in [0.25, 0.3) is 22.4 Å². The number of para-hydroxylation sites is 3. The third kappa shape index (κ3) is 6.22. The van der Waals surface area contributed by atoms with E-state index in [1.807, 2.05) is 91.0 Å². The number of benzene rings is 5. The minimum atomic E-state index is 0.0119. The van der Waals surface area contributed by atoms with Crippen LogP contribution < -0.4 is 15.2 Å². The van der Waals surface area contributed by atoms with Gasteiger partial charge in [0.25, 0.3) is 0 Å². The van der Waals surface area contributed by atoms with Crippen molar-refractivity contribution >= 4 is 33.9 Å². The first-order valence-electron chi connectivity index (χ1n) is 14.3. The van der Waals surface area contributed by atoms with Crippen LogP contribution in [0.3, 0.4) is 0 Å². The Morgan fingerprint density at radius 2 is 1.55 bits per heavy atom. The fourth-order valence-corrected chi connectivity index (χ4v) is 5.16. The molecule has 3 N–H and O–H groups in total. The number of ketones is 1. The highest BCUT2D eigenvalue weighted by Crippen LogP contribution is 2.29. The predicted molar refractivity (Wildman–Crippen MR) is 176 cm³/mol. The Labute approximate surface area is 256 Å². The standard InChI is InChI=1S/C24H21NO3.C13H11N3/c1-27-19-11-12-20(24(15-19)28-2)23(26)13-16-7-9-17(10-8-16)22-14-18-5-3-4-6-21(18)25-22;14-10-7-5-9(6-8-10)13-15-11-3-1-2-4-12(11)16-13/h3-12,15H,13-14H2,1-2H3;1-8H,14H2,(H,15,16). The lowest BCUT2D eigenvalue weighted by molar-refractivity contribution is 0.0990. The number of nitrogen functional groups attached to an aromatic ring is 1. The Bertz CT molecular complexity index is 1930. The summed E-state index contributed by atoms with van der Waals surface area (Å²) in [5, 5.41) is 0. The summed E-state index contributed by atoms with van der Waals surface area (Å²) < 4.78 is 10.5. The van der Waals surface area contributed by atoms with Crippen LogP contribution in [0.1, 0.15) is 27.0 Å². The van der Waals surface area contributed by atoms with Crippen molar-refractivity contribution in [3.63, 3.8) is 0 Å². The SMILES string of the molecule is COc1ccc(C(=O)Cc2ccc(C3=Nc4ccccc4C3)cc2)c(OC)c1.Nc1ccc(-c2nc3ccccc3[nH]2)cc1. The summed E-state index contributed by atoms with van der Waals surface area (Å²) in [5.74, 6) is 2.08. The largest absolute Gasteiger partial charge is 0.497 e. The first-order chi connectivity index (χ1) is 21.5. The number of anilines is 1. The van der Waals surface area contributed by atoms with Crippen LogP contribution in [-0.4, -0.2) is 35.7 Å². The summed E-state index contributed by atoms with van der Waals surface area (Å²) >= 11 is 0. The molecule has 0 fully saturated rings. The number of carbonyl (C=O) groups excluding carboxylic acids is 1. The average Bonchev–Trinajstić information content (AvgIpc) is 3.70. The van der Waals surface area contributed by atoms with Crippen molar-refractivity contribution in [2.45, 2.75) is 12.8 Å². The lowest BCUT2D eigenvalue weighted by Gasteiger charge is -2.10. The molecule has 0 saturated heterocycles. The predicted octanol–water partition coefficient (Wildman–Crippen LogP) is 7.62. The first-order valence-corrected chi connectivity index (χ1v) is 14.3. The average molecular weight is 581 g/mol. The number of aliphatic imine (C=N–C) groups is 1. The summed E-state index contributed by atoms with van der Waals surface area (Å²) in [7, 11) is 3.14. The van der Waals surface area contributed by atoms with Crippen LogP contribution in [0.15, 0.2) is 120 Å². The highest BCUT2D eigenvalue weighted by Gasteiger charge is 2.17. The Hall–Kier alpha value is -5.69. The van der Waals surface area contributed by atoms with Crippen molar-refractivity contribution in [3.05, 3.63) is 138 Å². The molecule has 1 aliphatic heterocycles. The molecule has 6 aromatic rings. The molecule has 7 nitrogen and oxygen atoms in total. The van der Waals surface area contributed by atoms with E-state index in [1.54, 1.807) is 32.4 Å². The van der Waals surface area contributed by atoms with E-state index >= 15 is 0 Å². The molecule has 218 valence electrons. The van der Waals surface area contributed by atoms with Gasteiger partial charge in [-0.2, -0.15) is 0 Å². The number of nitrogens with two attached hydrogens (primary N) is 1. The number of methoxy groups -OCH3 is 2. The first kappa shape index (κ1) is 28.4. The number of ether oxygens (including phenoxy) is 2. The molecule has 0 aliphatic carbocycles. The number of carbonyl (C=O) groups is 1. The molecule has 0 amide bonds. The van der Waals surface area contributed by atoms with E-state index < -0.39 is 0 Å². The number of hydrogen-bond donors (Lipinski definition) is 2. The number of nitrogens with one attached hydrogen (secondary N) is 1. The van der Waals surface area contributed by atoms with Crippen molar-refractivity contribution in [3.8, 4) is 22.9 Å². The van der Waals surface area contributed by atoms with E-state index in [9.17, 15) is 4.79 Å². The maximum Gasteiger partial charge on any atom is 0.170 e. The molecule has 2 heterocycles. The minimum Gasteiger partial charge on any atom is -0.497 e. The van der Waals surface area contributed by atoms with E-state index in [1.165, 1.54) is 5.56 Å². The number of aromatic amines is 1. The highest BCUT2D eigenvalue weighted by molar-refractivity contribution is 6.06. The quantitative estimate of drug-likeness (QED) is 0.149. The van der Waals surface area contributed by atoms with Crippen molar-refractivity contribution in [2.75, 3.05) is 20.0 Å². The third-order valence-electron chi connectivity index (χ3n) is 7.54. The topological polar surface area (TPSA) is 103 Å². The molecule has 0 bridgehead atoms. The number of fused-ring (bicyclic) bond motifs is 2. The van der Waals surface area contributed by atoms with Gasteiger partial charge in [0.05, 0.1) is 42.2 Å². The van der Waals surface area contributed by atoms with Gasteiger partial charge in [0.1, 0.15) is 17.3 Å². The fourth-order valence-electron chi connectivity index (χ4n) is 5.16. The second kappa shape index (κ2) is 12.7. The van der Waals surface area contributed by atoms with Gasteiger partial charge in [0, 0.05) is 30.2 Å².